The van der Waals surface area contributed by atoms with Crippen molar-refractivity contribution in [3.05, 3.63) is 54.3 Å². The molecule has 1 amide bonds. The van der Waals surface area contributed by atoms with Gasteiger partial charge in [-0.15, -0.1) is 0 Å². The number of methoxy groups -OCH3 is 2. The van der Waals surface area contributed by atoms with Crippen LogP contribution >= 0.6 is 0 Å². The Balaban J connectivity index is 2.06. The Morgan fingerprint density at radius 2 is 1.94 bits per heavy atom. The van der Waals surface area contributed by atoms with Crippen molar-refractivity contribution >= 4 is 22.4 Å². The van der Waals surface area contributed by atoms with Crippen molar-refractivity contribution in [1.82, 2.24) is 5.32 Å². The molecule has 0 fully saturated rings. The lowest BCUT2D eigenvalue weighted by Gasteiger charge is -2.14. The minimum absolute atomic E-state index is 0.0820. The summed E-state index contributed by atoms with van der Waals surface area (Å²) in [5.41, 5.74) is 4.19. The van der Waals surface area contributed by atoms with Crippen LogP contribution in [0.4, 0.5) is 0 Å². The Morgan fingerprint density at radius 1 is 1.16 bits per heavy atom. The topological polar surface area (TPSA) is 69.9 Å². The maximum absolute atomic E-state index is 12.4. The van der Waals surface area contributed by atoms with E-state index in [-0.39, 0.29) is 11.9 Å². The molecule has 0 aliphatic heterocycles. The summed E-state index contributed by atoms with van der Waals surface area (Å²) in [5.74, 6) is 1.25. The minimum Gasteiger partial charge on any atom is -0.496 e. The predicted octanol–water partition coefficient (Wildman–Crippen LogP) is 5.06. The predicted molar refractivity (Wildman–Crippen MR) is 123 cm³/mol. The lowest BCUT2D eigenvalue weighted by atomic mass is 9.98. The van der Waals surface area contributed by atoms with Gasteiger partial charge in [0, 0.05) is 47.4 Å². The molecule has 1 atom stereocenters. The van der Waals surface area contributed by atoms with Gasteiger partial charge in [0.2, 0.25) is 5.91 Å². The first-order valence-electron chi connectivity index (χ1n) is 10.3. The molecule has 0 radical (unpaired) electrons. The maximum Gasteiger partial charge on any atom is 0.244 e. The van der Waals surface area contributed by atoms with Crippen LogP contribution in [-0.4, -0.2) is 39.4 Å². The summed E-state index contributed by atoms with van der Waals surface area (Å²) in [6.45, 7) is 6.67. The van der Waals surface area contributed by atoms with Gasteiger partial charge in [-0.2, -0.15) is 0 Å². The molecule has 3 rings (SSSR count). The second-order valence-corrected chi connectivity index (χ2v) is 7.32. The van der Waals surface area contributed by atoms with Gasteiger partial charge in [-0.25, -0.2) is 0 Å². The maximum atomic E-state index is 12.4. The van der Waals surface area contributed by atoms with Gasteiger partial charge in [0.25, 0.3) is 0 Å². The number of furan rings is 1. The molecule has 0 saturated carbocycles. The molecule has 0 aliphatic rings. The van der Waals surface area contributed by atoms with E-state index in [1.165, 1.54) is 0 Å². The van der Waals surface area contributed by atoms with Crippen LogP contribution < -0.4 is 14.8 Å². The van der Waals surface area contributed by atoms with Crippen molar-refractivity contribution in [1.29, 1.82) is 0 Å². The number of ether oxygens (including phenoxy) is 3. The molecule has 1 heterocycles. The van der Waals surface area contributed by atoms with Crippen LogP contribution in [0, 0.1) is 0 Å². The smallest absolute Gasteiger partial charge is 0.244 e. The zero-order chi connectivity index (χ0) is 22.4. The monoisotopic (exact) mass is 423 g/mol. The molecule has 1 N–H and O–H groups in total. The number of carbonyl (C=O) groups is 1. The highest BCUT2D eigenvalue weighted by Crippen LogP contribution is 2.40. The van der Waals surface area contributed by atoms with E-state index in [0.29, 0.717) is 24.5 Å². The van der Waals surface area contributed by atoms with Crippen LogP contribution in [0.25, 0.3) is 27.7 Å². The second kappa shape index (κ2) is 10.2. The van der Waals surface area contributed by atoms with E-state index in [1.807, 2.05) is 57.2 Å². The summed E-state index contributed by atoms with van der Waals surface area (Å²) in [6.07, 6.45) is 3.30. The quantitative estimate of drug-likeness (QED) is 0.487. The SMILES string of the molecule is CCOc1cc2occ(-c3ccccc3OC)c2cc1/C(C)=C/C(=O)NC(C)COC. The van der Waals surface area contributed by atoms with Gasteiger partial charge in [0.05, 0.1) is 26.6 Å². The van der Waals surface area contributed by atoms with E-state index < -0.39 is 0 Å². The number of benzene rings is 2. The van der Waals surface area contributed by atoms with Crippen molar-refractivity contribution in [3.63, 3.8) is 0 Å². The van der Waals surface area contributed by atoms with Gasteiger partial charge in [0.15, 0.2) is 0 Å². The van der Waals surface area contributed by atoms with Crippen LogP contribution in [0.2, 0.25) is 0 Å². The molecule has 164 valence electrons. The molecule has 0 saturated heterocycles. The highest BCUT2D eigenvalue weighted by Gasteiger charge is 2.17. The summed E-state index contributed by atoms with van der Waals surface area (Å²) in [6, 6.07) is 11.6. The zero-order valence-electron chi connectivity index (χ0n) is 18.7. The van der Waals surface area contributed by atoms with Crippen molar-refractivity contribution in [2.75, 3.05) is 27.4 Å². The van der Waals surface area contributed by atoms with Crippen molar-refractivity contribution in [2.45, 2.75) is 26.8 Å². The number of amides is 1. The third kappa shape index (κ3) is 5.09. The fourth-order valence-electron chi connectivity index (χ4n) is 3.56. The van der Waals surface area contributed by atoms with Crippen LogP contribution in [0.1, 0.15) is 26.3 Å². The third-order valence-electron chi connectivity index (χ3n) is 4.95. The van der Waals surface area contributed by atoms with Crippen molar-refractivity contribution in [3.8, 4) is 22.6 Å². The minimum atomic E-state index is -0.179. The summed E-state index contributed by atoms with van der Waals surface area (Å²) in [5, 5.41) is 3.82. The number of nitrogens with one attached hydrogen (secondary N) is 1. The van der Waals surface area contributed by atoms with Crippen LogP contribution in [-0.2, 0) is 9.53 Å². The fraction of sp³-hybridized carbons (Fsp3) is 0.320. The van der Waals surface area contributed by atoms with Crippen LogP contribution in [0.3, 0.4) is 0 Å². The first-order chi connectivity index (χ1) is 15.0. The van der Waals surface area contributed by atoms with Crippen molar-refractivity contribution in [2.24, 2.45) is 0 Å². The van der Waals surface area contributed by atoms with E-state index >= 15 is 0 Å². The summed E-state index contributed by atoms with van der Waals surface area (Å²) >= 11 is 0. The Bertz CT molecular complexity index is 1080. The van der Waals surface area contributed by atoms with Gasteiger partial charge in [0.1, 0.15) is 17.1 Å². The number of hydrogen-bond acceptors (Lipinski definition) is 5. The molecular formula is C25H29NO5. The number of allylic oxidation sites excluding steroid dienone is 1. The van der Waals surface area contributed by atoms with Gasteiger partial charge in [-0.3, -0.25) is 4.79 Å². The Morgan fingerprint density at radius 3 is 2.65 bits per heavy atom. The number of carbonyl (C=O) groups excluding carboxylic acids is 1. The zero-order valence-corrected chi connectivity index (χ0v) is 18.7. The summed E-state index contributed by atoms with van der Waals surface area (Å²) in [4.78, 5) is 12.4. The van der Waals surface area contributed by atoms with Crippen molar-refractivity contribution < 1.29 is 23.4 Å². The fourth-order valence-corrected chi connectivity index (χ4v) is 3.56. The average molecular weight is 424 g/mol. The molecule has 1 unspecified atom stereocenters. The molecule has 0 spiro atoms. The molecule has 2 aromatic carbocycles. The number of rotatable bonds is 9. The van der Waals surface area contributed by atoms with E-state index in [1.54, 1.807) is 26.6 Å². The molecule has 1 aromatic heterocycles. The molecule has 6 heteroatoms. The highest BCUT2D eigenvalue weighted by atomic mass is 16.5. The van der Waals surface area contributed by atoms with E-state index in [0.717, 1.165) is 33.4 Å². The Hall–Kier alpha value is -3.25. The number of para-hydroxylation sites is 1. The van der Waals surface area contributed by atoms with Crippen LogP contribution in [0.15, 0.2) is 53.2 Å². The van der Waals surface area contributed by atoms with Gasteiger partial charge < -0.3 is 23.9 Å². The molecule has 0 aliphatic carbocycles. The normalized spacial score (nSPS) is 12.6. The standard InChI is InChI=1S/C25H29NO5/c1-6-30-23-13-24-20(21(15-31-24)18-9-7-8-10-22(18)29-5)12-19(23)16(2)11-25(27)26-17(3)14-28-4/h7-13,15,17H,6,14H2,1-5H3,(H,26,27)/b16-11+. The second-order valence-electron chi connectivity index (χ2n) is 7.32. The highest BCUT2D eigenvalue weighted by molar-refractivity contribution is 6.01. The van der Waals surface area contributed by atoms with E-state index in [4.69, 9.17) is 18.6 Å². The van der Waals surface area contributed by atoms with E-state index in [9.17, 15) is 4.79 Å². The lowest BCUT2D eigenvalue weighted by Crippen LogP contribution is -2.34. The lowest BCUT2D eigenvalue weighted by molar-refractivity contribution is -0.117. The first-order valence-corrected chi connectivity index (χ1v) is 10.3. The van der Waals surface area contributed by atoms with Gasteiger partial charge in [-0.05, 0) is 38.5 Å². The molecule has 3 aromatic rings. The molecule has 31 heavy (non-hydrogen) atoms. The van der Waals surface area contributed by atoms with Crippen LogP contribution in [0.5, 0.6) is 11.5 Å². The largest absolute Gasteiger partial charge is 0.496 e. The van der Waals surface area contributed by atoms with Gasteiger partial charge >= 0.3 is 0 Å². The first kappa shape index (κ1) is 22.4. The number of hydrogen-bond donors (Lipinski definition) is 1. The summed E-state index contributed by atoms with van der Waals surface area (Å²) in [7, 11) is 3.26. The summed E-state index contributed by atoms with van der Waals surface area (Å²) < 4.78 is 22.3. The third-order valence-corrected chi connectivity index (χ3v) is 4.95. The molecule has 0 bridgehead atoms. The van der Waals surface area contributed by atoms with Gasteiger partial charge in [-0.1, -0.05) is 18.2 Å². The Labute approximate surface area is 182 Å². The molecular weight excluding hydrogens is 394 g/mol. The molecule has 6 nitrogen and oxygen atoms in total. The Kier molecular flexibility index (Phi) is 7.36. The average Bonchev–Trinajstić information content (AvgIpc) is 3.16. The number of fused-ring (bicyclic) bond motifs is 1. The van der Waals surface area contributed by atoms with E-state index in [2.05, 4.69) is 5.32 Å².